The average Bonchev–Trinajstić information content (AvgIpc) is 1.78. The molecule has 2 nitrogen and oxygen atoms in total. The predicted molar refractivity (Wildman–Crippen MR) is 34.8 cm³/mol. The molecule has 0 amide bonds. The molecule has 0 aromatic heterocycles. The van der Waals surface area contributed by atoms with E-state index in [2.05, 4.69) is 4.74 Å². The Balaban J connectivity index is 3.53. The van der Waals surface area contributed by atoms with E-state index in [-0.39, 0.29) is 0 Å². The highest BCUT2D eigenvalue weighted by Crippen LogP contribution is 2.14. The molecule has 0 N–H and O–H groups in total. The SMILES string of the molecule is CC(=O)O/C=C/C[B-](F)(F)F. The monoisotopic (exact) mass is 167 g/mol. The summed E-state index contributed by atoms with van der Waals surface area (Å²) in [5.74, 6) is -0.629. The van der Waals surface area contributed by atoms with Gasteiger partial charge in [-0.15, -0.1) is 0 Å². The molecule has 0 aliphatic carbocycles. The number of rotatable bonds is 3. The van der Waals surface area contributed by atoms with Crippen LogP contribution in [0.5, 0.6) is 0 Å². The molecule has 0 saturated heterocycles. The topological polar surface area (TPSA) is 26.3 Å². The van der Waals surface area contributed by atoms with E-state index in [9.17, 15) is 17.7 Å². The Morgan fingerprint density at radius 3 is 2.45 bits per heavy atom. The number of carbonyl (C=O) groups excluding carboxylic acids is 1. The fourth-order valence-electron chi connectivity index (χ4n) is 0.354. The highest BCUT2D eigenvalue weighted by atomic mass is 19.4. The van der Waals surface area contributed by atoms with Gasteiger partial charge in [0, 0.05) is 6.92 Å². The van der Waals surface area contributed by atoms with Gasteiger partial charge < -0.3 is 17.7 Å². The Morgan fingerprint density at radius 2 is 2.09 bits per heavy atom. The molecular weight excluding hydrogens is 160 g/mol. The number of hydrogen-bond donors (Lipinski definition) is 0. The Bertz CT molecular complexity index is 164. The van der Waals surface area contributed by atoms with Crippen LogP contribution in [0.1, 0.15) is 6.92 Å². The van der Waals surface area contributed by atoms with E-state index in [1.807, 2.05) is 0 Å². The molecule has 0 heterocycles. The zero-order valence-electron chi connectivity index (χ0n) is 5.89. The van der Waals surface area contributed by atoms with E-state index in [4.69, 9.17) is 0 Å². The third-order valence-electron chi connectivity index (χ3n) is 0.734. The third-order valence-corrected chi connectivity index (χ3v) is 0.734. The van der Waals surface area contributed by atoms with Crippen LogP contribution in [-0.4, -0.2) is 12.9 Å². The lowest BCUT2D eigenvalue weighted by atomic mass is 9.87. The molecule has 0 aliphatic heterocycles. The molecular formula is C5H7BF3O2-. The summed E-state index contributed by atoms with van der Waals surface area (Å²) in [6.07, 6.45) is 0.492. The molecule has 0 unspecified atom stereocenters. The second kappa shape index (κ2) is 4.05. The van der Waals surface area contributed by atoms with Crippen molar-refractivity contribution in [3.05, 3.63) is 12.3 Å². The van der Waals surface area contributed by atoms with Gasteiger partial charge in [0.25, 0.3) is 0 Å². The van der Waals surface area contributed by atoms with Crippen molar-refractivity contribution in [3.63, 3.8) is 0 Å². The first-order chi connectivity index (χ1) is 4.92. The molecule has 0 aliphatic rings. The lowest BCUT2D eigenvalue weighted by Gasteiger charge is -2.08. The number of ether oxygens (including phenoxy) is 1. The highest BCUT2D eigenvalue weighted by molar-refractivity contribution is 6.58. The lowest BCUT2D eigenvalue weighted by Crippen LogP contribution is -2.11. The fraction of sp³-hybridized carbons (Fsp3) is 0.400. The highest BCUT2D eigenvalue weighted by Gasteiger charge is 2.19. The predicted octanol–water partition coefficient (Wildman–Crippen LogP) is 1.91. The van der Waals surface area contributed by atoms with Crippen molar-refractivity contribution in [3.8, 4) is 0 Å². The summed E-state index contributed by atoms with van der Waals surface area (Å²) < 4.78 is 38.5. The van der Waals surface area contributed by atoms with Gasteiger partial charge in [0.2, 0.25) is 0 Å². The molecule has 0 bridgehead atoms. The van der Waals surface area contributed by atoms with Crippen molar-refractivity contribution in [2.45, 2.75) is 13.2 Å². The minimum Gasteiger partial charge on any atom is -0.449 e. The molecule has 0 spiro atoms. The van der Waals surface area contributed by atoms with E-state index < -0.39 is 19.3 Å². The zero-order chi connectivity index (χ0) is 8.91. The van der Waals surface area contributed by atoms with Crippen LogP contribution in [0.15, 0.2) is 12.3 Å². The first-order valence-electron chi connectivity index (χ1n) is 2.95. The zero-order valence-corrected chi connectivity index (χ0v) is 5.89. The normalized spacial score (nSPS) is 12.0. The Labute approximate surface area is 62.1 Å². The number of allylic oxidation sites excluding steroid dienone is 1. The van der Waals surface area contributed by atoms with Crippen molar-refractivity contribution >= 4 is 12.9 Å². The standard InChI is InChI=1S/C5H7BF3O2/c1-5(10)11-4-2-3-6(7,8)9/h2,4H,3H2,1H3/q-1/b4-2+. The summed E-state index contributed by atoms with van der Waals surface area (Å²) in [4.78, 5) is 10.0. The summed E-state index contributed by atoms with van der Waals surface area (Å²) in [6.45, 7) is -3.70. The lowest BCUT2D eigenvalue weighted by molar-refractivity contribution is -0.135. The van der Waals surface area contributed by atoms with Crippen molar-refractivity contribution in [2.75, 3.05) is 0 Å². The quantitative estimate of drug-likeness (QED) is 0.364. The number of carbonyl (C=O) groups is 1. The summed E-state index contributed by atoms with van der Waals surface area (Å²) in [7, 11) is 0. The Kier molecular flexibility index (Phi) is 3.71. The van der Waals surface area contributed by atoms with E-state index in [1.165, 1.54) is 0 Å². The van der Waals surface area contributed by atoms with Crippen LogP contribution in [-0.2, 0) is 9.53 Å². The maximum Gasteiger partial charge on any atom is 0.482 e. The third kappa shape index (κ3) is 9.06. The molecule has 0 atom stereocenters. The number of hydrogen-bond acceptors (Lipinski definition) is 2. The van der Waals surface area contributed by atoms with E-state index >= 15 is 0 Å². The smallest absolute Gasteiger partial charge is 0.449 e. The van der Waals surface area contributed by atoms with Gasteiger partial charge >= 0.3 is 12.9 Å². The van der Waals surface area contributed by atoms with Gasteiger partial charge in [-0.1, -0.05) is 12.4 Å². The maximum absolute atomic E-state index is 11.5. The fourth-order valence-corrected chi connectivity index (χ4v) is 0.354. The minimum absolute atomic E-state index is 0.629. The Hall–Kier alpha value is -0.935. The molecule has 11 heavy (non-hydrogen) atoms. The maximum atomic E-state index is 11.5. The van der Waals surface area contributed by atoms with Gasteiger partial charge in [0.15, 0.2) is 0 Å². The molecule has 0 radical (unpaired) electrons. The number of halogens is 3. The van der Waals surface area contributed by atoms with Crippen LogP contribution in [0.25, 0.3) is 0 Å². The molecule has 0 saturated carbocycles. The summed E-state index contributed by atoms with van der Waals surface area (Å²) in [5.41, 5.74) is 0. The van der Waals surface area contributed by atoms with Gasteiger partial charge in [-0.25, -0.2) is 0 Å². The Morgan fingerprint density at radius 1 is 1.55 bits per heavy atom. The molecule has 0 aromatic carbocycles. The molecule has 64 valence electrons. The number of esters is 1. The van der Waals surface area contributed by atoms with Gasteiger partial charge in [0.05, 0.1) is 6.26 Å². The van der Waals surface area contributed by atoms with Crippen molar-refractivity contribution in [1.29, 1.82) is 0 Å². The molecule has 0 aromatic rings. The van der Waals surface area contributed by atoms with E-state index in [0.717, 1.165) is 19.3 Å². The largest absolute Gasteiger partial charge is 0.482 e. The first-order valence-corrected chi connectivity index (χ1v) is 2.95. The molecule has 0 rings (SSSR count). The van der Waals surface area contributed by atoms with Crippen molar-refractivity contribution in [1.82, 2.24) is 0 Å². The van der Waals surface area contributed by atoms with Gasteiger partial charge in [0.1, 0.15) is 0 Å². The van der Waals surface area contributed by atoms with Crippen molar-refractivity contribution in [2.24, 2.45) is 0 Å². The van der Waals surface area contributed by atoms with Crippen LogP contribution in [0.3, 0.4) is 0 Å². The minimum atomic E-state index is -4.81. The second-order valence-electron chi connectivity index (χ2n) is 1.93. The summed E-state index contributed by atoms with van der Waals surface area (Å²) >= 11 is 0. The summed E-state index contributed by atoms with van der Waals surface area (Å²) in [5, 5.41) is 0. The van der Waals surface area contributed by atoms with Crippen LogP contribution in [0.4, 0.5) is 12.9 Å². The van der Waals surface area contributed by atoms with Crippen LogP contribution < -0.4 is 0 Å². The van der Waals surface area contributed by atoms with Gasteiger partial charge in [-0.2, -0.15) is 0 Å². The van der Waals surface area contributed by atoms with Gasteiger partial charge in [-0.05, 0) is 0 Å². The average molecular weight is 167 g/mol. The molecule has 0 fully saturated rings. The van der Waals surface area contributed by atoms with Crippen LogP contribution in [0, 0.1) is 0 Å². The van der Waals surface area contributed by atoms with E-state index in [1.54, 1.807) is 0 Å². The van der Waals surface area contributed by atoms with Gasteiger partial charge in [-0.3, -0.25) is 4.79 Å². The van der Waals surface area contributed by atoms with Crippen LogP contribution in [0.2, 0.25) is 6.32 Å². The van der Waals surface area contributed by atoms with E-state index in [0.29, 0.717) is 0 Å². The van der Waals surface area contributed by atoms with Crippen molar-refractivity contribution < 1.29 is 22.5 Å². The summed E-state index contributed by atoms with van der Waals surface area (Å²) in [6, 6.07) is 0. The first kappa shape index (κ1) is 10.1. The van der Waals surface area contributed by atoms with Crippen LogP contribution >= 0.6 is 0 Å². The molecule has 6 heteroatoms. The second-order valence-corrected chi connectivity index (χ2v) is 1.93.